The molecule has 0 saturated carbocycles. The Labute approximate surface area is 95.0 Å². The number of nitrogens with zero attached hydrogens (tertiary/aromatic N) is 1. The minimum absolute atomic E-state index is 0.0229. The smallest absolute Gasteiger partial charge is 0.234 e. The first-order valence-corrected chi connectivity index (χ1v) is 5.36. The SMILES string of the molecule is CN(CCNC(=O)CCl)c1ccccc1. The lowest BCUT2D eigenvalue weighted by atomic mass is 10.3. The summed E-state index contributed by atoms with van der Waals surface area (Å²) in [5.41, 5.74) is 1.14. The van der Waals surface area contributed by atoms with E-state index in [2.05, 4.69) is 10.2 Å². The van der Waals surface area contributed by atoms with Crippen LogP contribution in [0.4, 0.5) is 5.69 Å². The van der Waals surface area contributed by atoms with Gasteiger partial charge in [0.2, 0.25) is 5.91 Å². The van der Waals surface area contributed by atoms with E-state index < -0.39 is 0 Å². The average Bonchev–Trinajstić information content (AvgIpc) is 2.29. The molecule has 0 heterocycles. The third kappa shape index (κ3) is 4.21. The van der Waals surface area contributed by atoms with E-state index in [4.69, 9.17) is 11.6 Å². The fraction of sp³-hybridized carbons (Fsp3) is 0.364. The van der Waals surface area contributed by atoms with Crippen molar-refractivity contribution in [3.63, 3.8) is 0 Å². The highest BCUT2D eigenvalue weighted by atomic mass is 35.5. The van der Waals surface area contributed by atoms with E-state index in [0.717, 1.165) is 12.2 Å². The molecule has 0 unspecified atom stereocenters. The second kappa shape index (κ2) is 6.30. The van der Waals surface area contributed by atoms with Crippen molar-refractivity contribution in [3.05, 3.63) is 30.3 Å². The molecule has 3 nitrogen and oxygen atoms in total. The van der Waals surface area contributed by atoms with Crippen molar-refractivity contribution in [2.75, 3.05) is 30.9 Å². The molecule has 0 aliphatic heterocycles. The first kappa shape index (κ1) is 11.9. The number of hydrogen-bond acceptors (Lipinski definition) is 2. The summed E-state index contributed by atoms with van der Waals surface area (Å²) in [5.74, 6) is -0.104. The summed E-state index contributed by atoms with van der Waals surface area (Å²) >= 11 is 5.36. The lowest BCUT2D eigenvalue weighted by Crippen LogP contribution is -2.33. The Bertz CT molecular complexity index is 303. The van der Waals surface area contributed by atoms with Crippen LogP contribution in [0.3, 0.4) is 0 Å². The van der Waals surface area contributed by atoms with E-state index >= 15 is 0 Å². The van der Waals surface area contributed by atoms with Crippen molar-refractivity contribution in [1.29, 1.82) is 0 Å². The van der Waals surface area contributed by atoms with Gasteiger partial charge in [-0.15, -0.1) is 11.6 Å². The maximum absolute atomic E-state index is 10.9. The summed E-state index contributed by atoms with van der Waals surface area (Å²) in [6.07, 6.45) is 0. The van der Waals surface area contributed by atoms with Gasteiger partial charge >= 0.3 is 0 Å². The number of benzene rings is 1. The molecule has 0 radical (unpaired) electrons. The second-order valence-electron chi connectivity index (χ2n) is 3.24. The quantitative estimate of drug-likeness (QED) is 0.772. The van der Waals surface area contributed by atoms with Crippen molar-refractivity contribution in [3.8, 4) is 0 Å². The highest BCUT2D eigenvalue weighted by Crippen LogP contribution is 2.09. The van der Waals surface area contributed by atoms with Crippen LogP contribution < -0.4 is 10.2 Å². The molecule has 15 heavy (non-hydrogen) atoms. The van der Waals surface area contributed by atoms with E-state index in [9.17, 15) is 4.79 Å². The Morgan fingerprint density at radius 3 is 2.67 bits per heavy atom. The van der Waals surface area contributed by atoms with Gasteiger partial charge in [-0.25, -0.2) is 0 Å². The standard InChI is InChI=1S/C11H15ClN2O/c1-14(8-7-13-11(15)9-12)10-5-3-2-4-6-10/h2-6H,7-9H2,1H3,(H,13,15). The fourth-order valence-electron chi connectivity index (χ4n) is 1.22. The van der Waals surface area contributed by atoms with Gasteiger partial charge in [0.15, 0.2) is 0 Å². The Kier molecular flexibility index (Phi) is 4.98. The predicted molar refractivity (Wildman–Crippen MR) is 63.4 cm³/mol. The van der Waals surface area contributed by atoms with Crippen molar-refractivity contribution < 1.29 is 4.79 Å². The van der Waals surface area contributed by atoms with E-state index in [1.807, 2.05) is 37.4 Å². The van der Waals surface area contributed by atoms with Crippen molar-refractivity contribution in [2.45, 2.75) is 0 Å². The molecule has 1 amide bonds. The molecule has 1 aromatic rings. The first-order chi connectivity index (χ1) is 7.24. The maximum Gasteiger partial charge on any atom is 0.234 e. The summed E-state index contributed by atoms with van der Waals surface area (Å²) in [4.78, 5) is 12.9. The molecule has 0 atom stereocenters. The molecule has 0 aromatic heterocycles. The Morgan fingerprint density at radius 2 is 2.07 bits per heavy atom. The van der Waals surface area contributed by atoms with E-state index in [-0.39, 0.29) is 11.8 Å². The lowest BCUT2D eigenvalue weighted by Gasteiger charge is -2.19. The van der Waals surface area contributed by atoms with Gasteiger partial charge in [0, 0.05) is 25.8 Å². The van der Waals surface area contributed by atoms with Crippen molar-refractivity contribution in [2.24, 2.45) is 0 Å². The first-order valence-electron chi connectivity index (χ1n) is 4.83. The summed E-state index contributed by atoms with van der Waals surface area (Å²) in [6, 6.07) is 10.0. The van der Waals surface area contributed by atoms with Crippen LogP contribution in [-0.2, 0) is 4.79 Å². The average molecular weight is 227 g/mol. The second-order valence-corrected chi connectivity index (χ2v) is 3.51. The largest absolute Gasteiger partial charge is 0.373 e. The number of rotatable bonds is 5. The Hall–Kier alpha value is -1.22. The van der Waals surface area contributed by atoms with Gasteiger partial charge in [0.25, 0.3) is 0 Å². The molecule has 4 heteroatoms. The number of anilines is 1. The fourth-order valence-corrected chi connectivity index (χ4v) is 1.32. The van der Waals surface area contributed by atoms with Crippen LogP contribution in [0.1, 0.15) is 0 Å². The maximum atomic E-state index is 10.9. The zero-order valence-electron chi connectivity index (χ0n) is 8.74. The van der Waals surface area contributed by atoms with Gasteiger partial charge in [0.05, 0.1) is 0 Å². The van der Waals surface area contributed by atoms with Crippen LogP contribution in [0.2, 0.25) is 0 Å². The molecule has 0 aliphatic rings. The molecule has 1 rings (SSSR count). The van der Waals surface area contributed by atoms with Gasteiger partial charge in [-0.2, -0.15) is 0 Å². The molecule has 0 spiro atoms. The topological polar surface area (TPSA) is 32.3 Å². The summed E-state index contributed by atoms with van der Waals surface area (Å²) in [7, 11) is 1.99. The van der Waals surface area contributed by atoms with Gasteiger partial charge < -0.3 is 10.2 Å². The molecule has 0 aliphatic carbocycles. The Balaban J connectivity index is 2.31. The number of likely N-dealkylation sites (N-methyl/N-ethyl adjacent to an activating group) is 1. The molecule has 0 bridgehead atoms. The molecule has 1 aromatic carbocycles. The number of hydrogen-bond donors (Lipinski definition) is 1. The number of carbonyl (C=O) groups is 1. The van der Waals surface area contributed by atoms with Crippen molar-refractivity contribution >= 4 is 23.2 Å². The molecular weight excluding hydrogens is 212 g/mol. The van der Waals surface area contributed by atoms with E-state index in [1.54, 1.807) is 0 Å². The minimum Gasteiger partial charge on any atom is -0.373 e. The number of amides is 1. The zero-order valence-corrected chi connectivity index (χ0v) is 9.50. The molecule has 0 fully saturated rings. The summed E-state index contributed by atoms with van der Waals surface area (Å²) < 4.78 is 0. The summed E-state index contributed by atoms with van der Waals surface area (Å²) in [5, 5.41) is 2.72. The normalized spacial score (nSPS) is 9.73. The molecule has 0 saturated heterocycles. The van der Waals surface area contributed by atoms with Crippen LogP contribution in [0.5, 0.6) is 0 Å². The number of para-hydroxylation sites is 1. The highest BCUT2D eigenvalue weighted by molar-refractivity contribution is 6.27. The van der Waals surface area contributed by atoms with Gasteiger partial charge in [0.1, 0.15) is 5.88 Å². The third-order valence-corrected chi connectivity index (χ3v) is 2.33. The van der Waals surface area contributed by atoms with E-state index in [1.165, 1.54) is 0 Å². The number of halogens is 1. The predicted octanol–water partition coefficient (Wildman–Crippen LogP) is 1.48. The highest BCUT2D eigenvalue weighted by Gasteiger charge is 2.00. The van der Waals surface area contributed by atoms with Crippen LogP contribution in [0.25, 0.3) is 0 Å². The van der Waals surface area contributed by atoms with Crippen LogP contribution in [0.15, 0.2) is 30.3 Å². The molecule has 82 valence electrons. The van der Waals surface area contributed by atoms with E-state index in [0.29, 0.717) is 6.54 Å². The van der Waals surface area contributed by atoms with Gasteiger partial charge in [-0.3, -0.25) is 4.79 Å². The molecular formula is C11H15ClN2O. The van der Waals surface area contributed by atoms with Crippen molar-refractivity contribution in [1.82, 2.24) is 5.32 Å². The number of carbonyl (C=O) groups excluding carboxylic acids is 1. The monoisotopic (exact) mass is 226 g/mol. The van der Waals surface area contributed by atoms with Crippen LogP contribution >= 0.6 is 11.6 Å². The zero-order chi connectivity index (χ0) is 11.1. The molecule has 1 N–H and O–H groups in total. The third-order valence-electron chi connectivity index (χ3n) is 2.09. The Morgan fingerprint density at radius 1 is 1.40 bits per heavy atom. The number of nitrogens with one attached hydrogen (secondary N) is 1. The van der Waals surface area contributed by atoms with Crippen LogP contribution in [-0.4, -0.2) is 31.9 Å². The lowest BCUT2D eigenvalue weighted by molar-refractivity contribution is -0.118. The van der Waals surface area contributed by atoms with Gasteiger partial charge in [-0.1, -0.05) is 18.2 Å². The minimum atomic E-state index is -0.127. The van der Waals surface area contributed by atoms with Crippen LogP contribution in [0, 0.1) is 0 Å². The van der Waals surface area contributed by atoms with Gasteiger partial charge in [-0.05, 0) is 12.1 Å². The summed E-state index contributed by atoms with van der Waals surface area (Å²) in [6.45, 7) is 1.38. The number of alkyl halides is 1.